The molecular weight excluding hydrogens is 550 g/mol. The number of hydrogen-bond acceptors (Lipinski definition) is 7. The minimum absolute atomic E-state index is 0.0160. The van der Waals surface area contributed by atoms with Gasteiger partial charge in [-0.25, -0.2) is 18.4 Å². The van der Waals surface area contributed by atoms with Crippen molar-refractivity contribution in [1.82, 2.24) is 10.2 Å². The van der Waals surface area contributed by atoms with Gasteiger partial charge in [0.1, 0.15) is 34.4 Å². The molecule has 0 fully saturated rings. The lowest BCUT2D eigenvalue weighted by Crippen LogP contribution is -2.56. The van der Waals surface area contributed by atoms with E-state index in [1.807, 2.05) is 0 Å². The number of rotatable bonds is 13. The van der Waals surface area contributed by atoms with Crippen LogP contribution in [-0.2, 0) is 28.2 Å². The summed E-state index contributed by atoms with van der Waals surface area (Å²) in [6.45, 7) is 2.64. The zero-order valence-electron chi connectivity index (χ0n) is 24.5. The van der Waals surface area contributed by atoms with Crippen molar-refractivity contribution >= 4 is 12.0 Å². The second-order valence-corrected chi connectivity index (χ2v) is 9.44. The first-order chi connectivity index (χ1) is 20.1. The summed E-state index contributed by atoms with van der Waals surface area (Å²) in [4.78, 5) is 27.9. The van der Waals surface area contributed by atoms with Gasteiger partial charge in [-0.05, 0) is 44.2 Å². The third-order valence-electron chi connectivity index (χ3n) is 6.80. The minimum atomic E-state index is -2.42. The van der Waals surface area contributed by atoms with Gasteiger partial charge in [-0.3, -0.25) is 0 Å². The topological polar surface area (TPSA) is 95.6 Å². The molecule has 2 amide bonds. The smallest absolute Gasteiger partial charge is 0.343 e. The molecule has 0 aliphatic carbocycles. The van der Waals surface area contributed by atoms with Crippen molar-refractivity contribution in [1.29, 1.82) is 0 Å². The molecule has 0 heterocycles. The highest BCUT2D eigenvalue weighted by atomic mass is 19.1. The molecule has 3 aromatic rings. The molecule has 11 heteroatoms. The molecule has 3 rings (SSSR count). The molecule has 9 nitrogen and oxygen atoms in total. The molecule has 1 N–H and O–H groups in total. The van der Waals surface area contributed by atoms with Gasteiger partial charge in [-0.15, -0.1) is 0 Å². The van der Waals surface area contributed by atoms with E-state index in [4.69, 9.17) is 23.7 Å². The number of nitrogens with zero attached hydrogens (tertiary/aromatic N) is 1. The SMILES string of the molecule is CCOC(=O)[C@H](F)[C@](C)(NC(=O)N(Cc1ccc(OC)cc1OC)Cc1ccc(OC)cc1OC)c1ccccc1F. The third kappa shape index (κ3) is 7.20. The molecular formula is C31H36F2N2O7. The second kappa shape index (κ2) is 14.4. The molecule has 226 valence electrons. The summed E-state index contributed by atoms with van der Waals surface area (Å²) in [5, 5.41) is 2.59. The number of nitrogens with one attached hydrogen (secondary N) is 1. The lowest BCUT2D eigenvalue weighted by atomic mass is 9.86. The van der Waals surface area contributed by atoms with E-state index in [1.54, 1.807) is 36.4 Å². The number of carbonyl (C=O) groups is 2. The maximum Gasteiger partial charge on any atom is 0.343 e. The number of ether oxygens (including phenoxy) is 5. The molecule has 0 spiro atoms. The van der Waals surface area contributed by atoms with E-state index in [1.165, 1.54) is 65.4 Å². The first-order valence-corrected chi connectivity index (χ1v) is 13.2. The van der Waals surface area contributed by atoms with E-state index < -0.39 is 29.5 Å². The van der Waals surface area contributed by atoms with Crippen LogP contribution < -0.4 is 24.3 Å². The highest BCUT2D eigenvalue weighted by molar-refractivity contribution is 5.81. The van der Waals surface area contributed by atoms with Crippen LogP contribution in [0.25, 0.3) is 0 Å². The molecule has 0 unspecified atom stereocenters. The van der Waals surface area contributed by atoms with E-state index in [9.17, 15) is 9.59 Å². The molecule has 0 saturated carbocycles. The Bertz CT molecular complexity index is 1330. The van der Waals surface area contributed by atoms with Crippen molar-refractivity contribution in [2.75, 3.05) is 35.0 Å². The molecule has 0 aliphatic heterocycles. The van der Waals surface area contributed by atoms with Crippen LogP contribution in [0.1, 0.15) is 30.5 Å². The van der Waals surface area contributed by atoms with Gasteiger partial charge in [-0.1, -0.05) is 18.2 Å². The molecule has 0 bridgehead atoms. The minimum Gasteiger partial charge on any atom is -0.497 e. The fourth-order valence-corrected chi connectivity index (χ4v) is 4.48. The number of urea groups is 1. The lowest BCUT2D eigenvalue weighted by Gasteiger charge is -2.36. The zero-order valence-corrected chi connectivity index (χ0v) is 24.5. The van der Waals surface area contributed by atoms with E-state index in [2.05, 4.69) is 5.32 Å². The van der Waals surface area contributed by atoms with Crippen molar-refractivity contribution in [3.8, 4) is 23.0 Å². The van der Waals surface area contributed by atoms with Crippen LogP contribution in [0.5, 0.6) is 23.0 Å². The van der Waals surface area contributed by atoms with Gasteiger partial charge >= 0.3 is 12.0 Å². The predicted molar refractivity (Wildman–Crippen MR) is 152 cm³/mol. The number of carbonyl (C=O) groups excluding carboxylic acids is 2. The van der Waals surface area contributed by atoms with E-state index in [-0.39, 0.29) is 25.3 Å². The first kappa shape index (κ1) is 32.0. The van der Waals surface area contributed by atoms with Crippen molar-refractivity contribution in [2.45, 2.75) is 38.6 Å². The molecule has 0 radical (unpaired) electrons. The molecule has 0 saturated heterocycles. The van der Waals surface area contributed by atoms with Gasteiger partial charge < -0.3 is 33.9 Å². The number of esters is 1. The summed E-state index contributed by atoms with van der Waals surface area (Å²) in [7, 11) is 6.00. The highest BCUT2D eigenvalue weighted by Crippen LogP contribution is 2.33. The number of alkyl halides is 1. The van der Waals surface area contributed by atoms with Crippen LogP contribution >= 0.6 is 0 Å². The fraction of sp³-hybridized carbons (Fsp3) is 0.355. The van der Waals surface area contributed by atoms with Crippen LogP contribution in [0.2, 0.25) is 0 Å². The predicted octanol–water partition coefficient (Wildman–Crippen LogP) is 5.39. The Hall–Kier alpha value is -4.54. The van der Waals surface area contributed by atoms with Crippen molar-refractivity contribution in [3.63, 3.8) is 0 Å². The number of amides is 2. The first-order valence-electron chi connectivity index (χ1n) is 13.2. The van der Waals surface area contributed by atoms with Gasteiger partial charge in [-0.2, -0.15) is 0 Å². The summed E-state index contributed by atoms with van der Waals surface area (Å²) in [5.74, 6) is -0.0482. The van der Waals surface area contributed by atoms with E-state index in [0.29, 0.717) is 34.1 Å². The summed E-state index contributed by atoms with van der Waals surface area (Å²) in [5.41, 5.74) is -1.13. The number of benzene rings is 3. The zero-order chi connectivity index (χ0) is 30.9. The maximum absolute atomic E-state index is 15.8. The largest absolute Gasteiger partial charge is 0.497 e. The Kier molecular flexibility index (Phi) is 11.0. The standard InChI is InChI=1S/C31H36F2N2O7/c1-7-42-29(36)28(33)31(2,24-10-8-9-11-25(24)32)34-30(37)35(18-20-12-14-22(38-3)16-26(20)40-5)19-21-13-15-23(39-4)17-27(21)41-6/h8-17,28H,7,18-19H2,1-6H3,(H,34,37)/t28-,31+/m0/s1. The van der Waals surface area contributed by atoms with Crippen LogP contribution in [0, 0.1) is 5.82 Å². The van der Waals surface area contributed by atoms with Crippen LogP contribution in [-0.4, -0.2) is 58.1 Å². The van der Waals surface area contributed by atoms with Crippen molar-refractivity contribution in [3.05, 3.63) is 83.2 Å². The Morgan fingerprint density at radius 2 is 1.38 bits per heavy atom. The summed E-state index contributed by atoms with van der Waals surface area (Å²) in [6, 6.07) is 14.8. The molecule has 42 heavy (non-hydrogen) atoms. The van der Waals surface area contributed by atoms with Gasteiger partial charge in [0, 0.05) is 28.8 Å². The lowest BCUT2D eigenvalue weighted by molar-refractivity contribution is -0.152. The van der Waals surface area contributed by atoms with Crippen LogP contribution in [0.3, 0.4) is 0 Å². The average Bonchev–Trinajstić information content (AvgIpc) is 3.00. The summed E-state index contributed by atoms with van der Waals surface area (Å²) < 4.78 is 57.4. The molecule has 2 atom stereocenters. The Balaban J connectivity index is 2.09. The fourth-order valence-electron chi connectivity index (χ4n) is 4.48. The van der Waals surface area contributed by atoms with Crippen molar-refractivity contribution in [2.24, 2.45) is 0 Å². The van der Waals surface area contributed by atoms with E-state index >= 15 is 8.78 Å². The average molecular weight is 587 g/mol. The summed E-state index contributed by atoms with van der Waals surface area (Å²) in [6.07, 6.45) is -2.42. The second-order valence-electron chi connectivity index (χ2n) is 9.44. The van der Waals surface area contributed by atoms with Gasteiger partial charge in [0.25, 0.3) is 0 Å². The molecule has 0 aliphatic rings. The highest BCUT2D eigenvalue weighted by Gasteiger charge is 2.46. The van der Waals surface area contributed by atoms with Gasteiger partial charge in [0.2, 0.25) is 6.17 Å². The third-order valence-corrected chi connectivity index (χ3v) is 6.80. The van der Waals surface area contributed by atoms with Crippen LogP contribution in [0.4, 0.5) is 13.6 Å². The van der Waals surface area contributed by atoms with Crippen molar-refractivity contribution < 1.29 is 42.1 Å². The Morgan fingerprint density at radius 1 is 0.857 bits per heavy atom. The quantitative estimate of drug-likeness (QED) is 0.269. The summed E-state index contributed by atoms with van der Waals surface area (Å²) >= 11 is 0. The maximum atomic E-state index is 15.8. The van der Waals surface area contributed by atoms with Gasteiger partial charge in [0.15, 0.2) is 0 Å². The molecule has 0 aromatic heterocycles. The van der Waals surface area contributed by atoms with E-state index in [0.717, 1.165) is 6.07 Å². The Morgan fingerprint density at radius 3 is 1.83 bits per heavy atom. The number of halogens is 2. The number of methoxy groups -OCH3 is 4. The monoisotopic (exact) mass is 586 g/mol. The van der Waals surface area contributed by atoms with Gasteiger partial charge in [0.05, 0.1) is 48.1 Å². The van der Waals surface area contributed by atoms with Crippen LogP contribution in [0.15, 0.2) is 60.7 Å². The number of hydrogen-bond donors (Lipinski definition) is 1. The Labute approximate surface area is 244 Å². The molecule has 3 aromatic carbocycles. The normalized spacial score (nSPS) is 12.9.